The van der Waals surface area contributed by atoms with E-state index >= 15 is 0 Å². The maximum atomic E-state index is 12.3. The van der Waals surface area contributed by atoms with Crippen molar-refractivity contribution in [2.24, 2.45) is 0 Å². The van der Waals surface area contributed by atoms with Gasteiger partial charge < -0.3 is 10.2 Å². The molecule has 1 N–H and O–H groups in total. The molecule has 0 fully saturated rings. The number of fused-ring (bicyclic) bond motifs is 1. The van der Waals surface area contributed by atoms with Crippen LogP contribution in [0.5, 0.6) is 0 Å². The summed E-state index contributed by atoms with van der Waals surface area (Å²) in [6.45, 7) is 6.68. The molecule has 0 unspecified atom stereocenters. The Balaban J connectivity index is 2.22. The zero-order chi connectivity index (χ0) is 13.8. The molecule has 0 aliphatic carbocycles. The minimum atomic E-state index is -0.0768. The van der Waals surface area contributed by atoms with Crippen molar-refractivity contribution in [3.63, 3.8) is 0 Å². The van der Waals surface area contributed by atoms with Crippen LogP contribution in [0.3, 0.4) is 0 Å². The first-order valence-electron chi connectivity index (χ1n) is 6.73. The van der Waals surface area contributed by atoms with Gasteiger partial charge in [-0.15, -0.1) is 0 Å². The van der Waals surface area contributed by atoms with Crippen LogP contribution in [-0.4, -0.2) is 40.0 Å². The van der Waals surface area contributed by atoms with E-state index in [1.54, 1.807) is 4.90 Å². The Bertz CT molecular complexity index is 520. The second-order valence-electron chi connectivity index (χ2n) is 4.60. The van der Waals surface area contributed by atoms with E-state index in [9.17, 15) is 9.59 Å². The fraction of sp³-hybridized carbons (Fsp3) is 0.615. The van der Waals surface area contributed by atoms with Crippen LogP contribution in [0.4, 0.5) is 0 Å². The summed E-state index contributed by atoms with van der Waals surface area (Å²) in [4.78, 5) is 30.3. The quantitative estimate of drug-likeness (QED) is 0.815. The first-order valence-corrected chi connectivity index (χ1v) is 6.73. The van der Waals surface area contributed by atoms with Crippen LogP contribution in [0, 0.1) is 0 Å². The van der Waals surface area contributed by atoms with Gasteiger partial charge in [0.05, 0.1) is 12.0 Å². The van der Waals surface area contributed by atoms with Crippen molar-refractivity contribution >= 4 is 5.91 Å². The van der Waals surface area contributed by atoms with Crippen LogP contribution in [0.25, 0.3) is 0 Å². The van der Waals surface area contributed by atoms with E-state index in [2.05, 4.69) is 10.3 Å². The second-order valence-corrected chi connectivity index (χ2v) is 4.60. The minimum absolute atomic E-state index is 0.0391. The van der Waals surface area contributed by atoms with Crippen LogP contribution in [0.1, 0.15) is 25.1 Å². The molecule has 2 rings (SSSR count). The summed E-state index contributed by atoms with van der Waals surface area (Å²) in [5.41, 5.74) is 1.48. The first-order chi connectivity index (χ1) is 9.17. The number of hydrogen-bond acceptors (Lipinski definition) is 4. The number of hydrogen-bond donors (Lipinski definition) is 1. The topological polar surface area (TPSA) is 67.2 Å². The zero-order valence-electron chi connectivity index (χ0n) is 11.5. The summed E-state index contributed by atoms with van der Waals surface area (Å²) in [5.74, 6) is -0.0391. The van der Waals surface area contributed by atoms with E-state index in [1.807, 2.05) is 13.8 Å². The number of nitrogens with zero attached hydrogens (tertiary/aromatic N) is 3. The van der Waals surface area contributed by atoms with Gasteiger partial charge in [-0.2, -0.15) is 0 Å². The largest absolute Gasteiger partial charge is 0.342 e. The summed E-state index contributed by atoms with van der Waals surface area (Å²) in [6, 6.07) is 0. The fourth-order valence-corrected chi connectivity index (χ4v) is 2.32. The molecule has 1 amide bonds. The SMILES string of the molecule is CCN(CC)C(=O)Cn1cnc2c(c1=O)CCNC2. The van der Waals surface area contributed by atoms with Crippen molar-refractivity contribution in [2.45, 2.75) is 33.4 Å². The summed E-state index contributed by atoms with van der Waals surface area (Å²) in [6.07, 6.45) is 2.16. The van der Waals surface area contributed by atoms with E-state index in [0.717, 1.165) is 17.8 Å². The predicted molar refractivity (Wildman–Crippen MR) is 71.8 cm³/mol. The number of carbonyl (C=O) groups excluding carboxylic acids is 1. The normalized spacial score (nSPS) is 14.0. The third kappa shape index (κ3) is 2.84. The molecule has 0 atom stereocenters. The second kappa shape index (κ2) is 5.97. The van der Waals surface area contributed by atoms with Gasteiger partial charge in [-0.1, -0.05) is 0 Å². The van der Waals surface area contributed by atoms with Gasteiger partial charge in [-0.3, -0.25) is 14.2 Å². The average Bonchev–Trinajstić information content (AvgIpc) is 2.43. The maximum Gasteiger partial charge on any atom is 0.257 e. The Morgan fingerprint density at radius 1 is 1.47 bits per heavy atom. The third-order valence-corrected chi connectivity index (χ3v) is 3.49. The Kier molecular flexibility index (Phi) is 4.31. The number of aromatic nitrogens is 2. The monoisotopic (exact) mass is 264 g/mol. The molecule has 6 heteroatoms. The molecule has 1 aliphatic heterocycles. The molecule has 6 nitrogen and oxygen atoms in total. The van der Waals surface area contributed by atoms with E-state index in [-0.39, 0.29) is 18.0 Å². The molecule has 1 aliphatic rings. The number of rotatable bonds is 4. The number of nitrogens with one attached hydrogen (secondary N) is 1. The fourth-order valence-electron chi connectivity index (χ4n) is 2.32. The molecule has 19 heavy (non-hydrogen) atoms. The summed E-state index contributed by atoms with van der Waals surface area (Å²) in [5, 5.41) is 3.18. The standard InChI is InChI=1S/C13H20N4O2/c1-3-16(4-2)12(18)8-17-9-15-11-7-14-6-5-10(11)13(17)19/h9,14H,3-8H2,1-2H3. The van der Waals surface area contributed by atoms with E-state index in [4.69, 9.17) is 0 Å². The van der Waals surface area contributed by atoms with Crippen LogP contribution in [-0.2, 0) is 24.3 Å². The Hall–Kier alpha value is -1.69. The average molecular weight is 264 g/mol. The van der Waals surface area contributed by atoms with E-state index in [0.29, 0.717) is 26.1 Å². The van der Waals surface area contributed by atoms with Crippen molar-refractivity contribution < 1.29 is 4.79 Å². The highest BCUT2D eigenvalue weighted by Crippen LogP contribution is 2.05. The molecule has 0 saturated carbocycles. The van der Waals surface area contributed by atoms with Crippen molar-refractivity contribution in [2.75, 3.05) is 19.6 Å². The Morgan fingerprint density at radius 2 is 2.21 bits per heavy atom. The summed E-state index contributed by atoms with van der Waals surface area (Å²) >= 11 is 0. The highest BCUT2D eigenvalue weighted by atomic mass is 16.2. The van der Waals surface area contributed by atoms with Crippen LogP contribution in [0.2, 0.25) is 0 Å². The summed E-state index contributed by atoms with van der Waals surface area (Å²) in [7, 11) is 0. The number of amides is 1. The molecular weight excluding hydrogens is 244 g/mol. The molecule has 0 aromatic carbocycles. The van der Waals surface area contributed by atoms with Gasteiger partial charge in [0.25, 0.3) is 5.56 Å². The first kappa shape index (κ1) is 13.7. The lowest BCUT2D eigenvalue weighted by Crippen LogP contribution is -2.39. The van der Waals surface area contributed by atoms with Gasteiger partial charge in [0.15, 0.2) is 0 Å². The molecule has 0 saturated heterocycles. The molecule has 1 aromatic rings. The number of carbonyl (C=O) groups is 1. The number of likely N-dealkylation sites (N-methyl/N-ethyl adjacent to an activating group) is 1. The summed E-state index contributed by atoms with van der Waals surface area (Å²) < 4.78 is 1.42. The molecule has 104 valence electrons. The highest BCUT2D eigenvalue weighted by molar-refractivity contribution is 5.75. The predicted octanol–water partition coefficient (Wildman–Crippen LogP) is -0.243. The zero-order valence-corrected chi connectivity index (χ0v) is 11.5. The molecular formula is C13H20N4O2. The smallest absolute Gasteiger partial charge is 0.257 e. The van der Waals surface area contributed by atoms with E-state index < -0.39 is 0 Å². The van der Waals surface area contributed by atoms with Gasteiger partial charge in [0, 0.05) is 25.2 Å². The molecule has 1 aromatic heterocycles. The molecule has 0 radical (unpaired) electrons. The van der Waals surface area contributed by atoms with Crippen molar-refractivity contribution in [3.8, 4) is 0 Å². The minimum Gasteiger partial charge on any atom is -0.342 e. The Morgan fingerprint density at radius 3 is 2.89 bits per heavy atom. The van der Waals surface area contributed by atoms with Crippen LogP contribution in [0.15, 0.2) is 11.1 Å². The van der Waals surface area contributed by atoms with Crippen LogP contribution >= 0.6 is 0 Å². The van der Waals surface area contributed by atoms with Gasteiger partial charge in [0.2, 0.25) is 5.91 Å². The van der Waals surface area contributed by atoms with E-state index in [1.165, 1.54) is 10.9 Å². The van der Waals surface area contributed by atoms with Crippen LogP contribution < -0.4 is 10.9 Å². The highest BCUT2D eigenvalue weighted by Gasteiger charge is 2.17. The molecule has 2 heterocycles. The molecule has 0 spiro atoms. The van der Waals surface area contributed by atoms with Crippen molar-refractivity contribution in [3.05, 3.63) is 27.9 Å². The maximum absolute atomic E-state index is 12.3. The van der Waals surface area contributed by atoms with Crippen molar-refractivity contribution in [1.29, 1.82) is 0 Å². The lowest BCUT2D eigenvalue weighted by atomic mass is 10.1. The Labute approximate surface area is 112 Å². The van der Waals surface area contributed by atoms with Gasteiger partial charge >= 0.3 is 0 Å². The van der Waals surface area contributed by atoms with Gasteiger partial charge in [-0.05, 0) is 26.8 Å². The third-order valence-electron chi connectivity index (χ3n) is 3.49. The lowest BCUT2D eigenvalue weighted by Gasteiger charge is -2.20. The van der Waals surface area contributed by atoms with Crippen molar-refractivity contribution in [1.82, 2.24) is 19.8 Å². The van der Waals surface area contributed by atoms with Gasteiger partial charge in [-0.25, -0.2) is 4.98 Å². The molecule has 0 bridgehead atoms. The lowest BCUT2D eigenvalue weighted by molar-refractivity contribution is -0.131. The van der Waals surface area contributed by atoms with Gasteiger partial charge in [0.1, 0.15) is 6.54 Å².